The first-order chi connectivity index (χ1) is 11.8. The van der Waals surface area contributed by atoms with Gasteiger partial charge in [0.15, 0.2) is 0 Å². The molecular formula is C20H29N3O2. The molecule has 0 unspecified atom stereocenters. The molecule has 0 aromatic carbocycles. The molecule has 1 N–H and O–H groups in total. The van der Waals surface area contributed by atoms with Gasteiger partial charge in [-0.3, -0.25) is 14.6 Å². The van der Waals surface area contributed by atoms with E-state index in [1.54, 1.807) is 18.5 Å². The largest absolute Gasteiger partial charge is 0.352 e. The number of nitrogens with zero attached hydrogens (tertiary/aromatic N) is 2. The van der Waals surface area contributed by atoms with Crippen LogP contribution in [-0.4, -0.2) is 34.8 Å². The van der Waals surface area contributed by atoms with E-state index in [9.17, 15) is 9.59 Å². The lowest BCUT2D eigenvalue weighted by molar-refractivity contribution is -0.132. The molecule has 0 radical (unpaired) electrons. The maximum absolute atomic E-state index is 12.4. The van der Waals surface area contributed by atoms with Gasteiger partial charge in [0.25, 0.3) is 0 Å². The molecule has 25 heavy (non-hydrogen) atoms. The summed E-state index contributed by atoms with van der Waals surface area (Å²) in [5.41, 5.74) is 2.07. The summed E-state index contributed by atoms with van der Waals surface area (Å²) in [6.07, 6.45) is 6.64. The Balaban J connectivity index is 1.81. The number of nitrogens with one attached hydrogen (secondary N) is 1. The molecule has 0 atom stereocenters. The number of amides is 2. The summed E-state index contributed by atoms with van der Waals surface area (Å²) in [7, 11) is 0. The van der Waals surface area contributed by atoms with Crippen LogP contribution in [0, 0.1) is 11.3 Å². The Morgan fingerprint density at radius 1 is 1.32 bits per heavy atom. The third kappa shape index (κ3) is 5.69. The number of piperidine rings is 1. The predicted octanol–water partition coefficient (Wildman–Crippen LogP) is 2.93. The molecular weight excluding hydrogens is 314 g/mol. The third-order valence-electron chi connectivity index (χ3n) is 4.89. The van der Waals surface area contributed by atoms with Crippen molar-refractivity contribution in [1.29, 1.82) is 0 Å². The lowest BCUT2D eigenvalue weighted by Crippen LogP contribution is -2.42. The number of carbonyl (C=O) groups is 2. The molecule has 2 rings (SSSR count). The fourth-order valence-corrected chi connectivity index (χ4v) is 2.69. The molecule has 2 amide bonds. The number of hydrogen-bond donors (Lipinski definition) is 1. The molecule has 5 nitrogen and oxygen atoms in total. The highest BCUT2D eigenvalue weighted by Gasteiger charge is 2.27. The van der Waals surface area contributed by atoms with Crippen LogP contribution in [0.4, 0.5) is 0 Å². The van der Waals surface area contributed by atoms with E-state index in [1.165, 1.54) is 0 Å². The van der Waals surface area contributed by atoms with Crippen molar-refractivity contribution in [3.63, 3.8) is 0 Å². The van der Waals surface area contributed by atoms with Crippen LogP contribution in [0.5, 0.6) is 0 Å². The maximum Gasteiger partial charge on any atom is 0.246 e. The zero-order valence-corrected chi connectivity index (χ0v) is 15.7. The van der Waals surface area contributed by atoms with Crippen LogP contribution < -0.4 is 5.32 Å². The van der Waals surface area contributed by atoms with Crippen LogP contribution in [0.2, 0.25) is 0 Å². The lowest BCUT2D eigenvalue weighted by atomic mass is 9.87. The molecule has 5 heteroatoms. The van der Waals surface area contributed by atoms with Crippen molar-refractivity contribution in [3.8, 4) is 0 Å². The van der Waals surface area contributed by atoms with Crippen molar-refractivity contribution < 1.29 is 9.59 Å². The molecule has 1 aliphatic rings. The van der Waals surface area contributed by atoms with Crippen molar-refractivity contribution in [2.24, 2.45) is 11.3 Å². The highest BCUT2D eigenvalue weighted by Crippen LogP contribution is 2.25. The fraction of sp³-hybridized carbons (Fsp3) is 0.550. The van der Waals surface area contributed by atoms with Gasteiger partial charge < -0.3 is 10.2 Å². The van der Waals surface area contributed by atoms with E-state index in [-0.39, 0.29) is 23.1 Å². The summed E-state index contributed by atoms with van der Waals surface area (Å²) < 4.78 is 0. The average molecular weight is 343 g/mol. The second kappa shape index (κ2) is 8.28. The van der Waals surface area contributed by atoms with E-state index in [2.05, 4.69) is 31.1 Å². The Morgan fingerprint density at radius 2 is 2.00 bits per heavy atom. The van der Waals surface area contributed by atoms with Gasteiger partial charge in [-0.05, 0) is 36.8 Å². The van der Waals surface area contributed by atoms with Crippen molar-refractivity contribution in [2.45, 2.75) is 47.1 Å². The SMILES string of the molecule is C/C(=C\C(=O)N1CCC(C(=O)NCc2cccnc2)CC1)C(C)(C)C. The van der Waals surface area contributed by atoms with Gasteiger partial charge in [0, 0.05) is 44.0 Å². The third-order valence-corrected chi connectivity index (χ3v) is 4.89. The molecule has 136 valence electrons. The Hall–Kier alpha value is -2.17. The van der Waals surface area contributed by atoms with E-state index in [1.807, 2.05) is 24.0 Å². The molecule has 0 bridgehead atoms. The monoisotopic (exact) mass is 343 g/mol. The Labute approximate surface area is 150 Å². The summed E-state index contributed by atoms with van der Waals surface area (Å²) in [5.74, 6) is 0.104. The second-order valence-electron chi connectivity index (χ2n) is 7.76. The van der Waals surface area contributed by atoms with E-state index in [0.717, 1.165) is 11.1 Å². The number of rotatable bonds is 4. The molecule has 1 aromatic heterocycles. The summed E-state index contributed by atoms with van der Waals surface area (Å²) in [5, 5.41) is 2.97. The standard InChI is InChI=1S/C20H29N3O2/c1-15(20(2,3)4)12-18(24)23-10-7-17(8-11-23)19(25)22-14-16-6-5-9-21-13-16/h5-6,9,12-13,17H,7-8,10-11,14H2,1-4H3,(H,22,25)/b15-12+. The van der Waals surface area contributed by atoms with Crippen molar-refractivity contribution in [3.05, 3.63) is 41.7 Å². The fourth-order valence-electron chi connectivity index (χ4n) is 2.69. The molecule has 2 heterocycles. The van der Waals surface area contributed by atoms with Crippen LogP contribution in [0.25, 0.3) is 0 Å². The number of likely N-dealkylation sites (tertiary alicyclic amines) is 1. The highest BCUT2D eigenvalue weighted by molar-refractivity contribution is 5.88. The van der Waals surface area contributed by atoms with Crippen LogP contribution >= 0.6 is 0 Å². The van der Waals surface area contributed by atoms with Crippen LogP contribution in [-0.2, 0) is 16.1 Å². The highest BCUT2D eigenvalue weighted by atomic mass is 16.2. The molecule has 1 saturated heterocycles. The Kier molecular flexibility index (Phi) is 6.34. The minimum atomic E-state index is -0.0200. The lowest BCUT2D eigenvalue weighted by Gasteiger charge is -2.31. The Morgan fingerprint density at radius 3 is 2.56 bits per heavy atom. The van der Waals surface area contributed by atoms with Crippen molar-refractivity contribution in [1.82, 2.24) is 15.2 Å². The number of carbonyl (C=O) groups excluding carboxylic acids is 2. The van der Waals surface area contributed by atoms with Gasteiger partial charge in [0.2, 0.25) is 11.8 Å². The summed E-state index contributed by atoms with van der Waals surface area (Å²) >= 11 is 0. The maximum atomic E-state index is 12.4. The topological polar surface area (TPSA) is 62.3 Å². The van der Waals surface area contributed by atoms with Gasteiger partial charge in [0.05, 0.1) is 0 Å². The van der Waals surface area contributed by atoms with Crippen LogP contribution in [0.1, 0.15) is 46.1 Å². The summed E-state index contributed by atoms with van der Waals surface area (Å²) in [4.78, 5) is 30.6. The number of aromatic nitrogens is 1. The summed E-state index contributed by atoms with van der Waals surface area (Å²) in [6, 6.07) is 3.80. The average Bonchev–Trinajstić information content (AvgIpc) is 2.59. The van der Waals surface area contributed by atoms with Crippen molar-refractivity contribution in [2.75, 3.05) is 13.1 Å². The van der Waals surface area contributed by atoms with Crippen LogP contribution in [0.3, 0.4) is 0 Å². The first-order valence-electron chi connectivity index (χ1n) is 8.91. The number of pyridine rings is 1. The van der Waals surface area contributed by atoms with Gasteiger partial charge >= 0.3 is 0 Å². The van der Waals surface area contributed by atoms with E-state index in [0.29, 0.717) is 32.5 Å². The molecule has 1 fully saturated rings. The zero-order valence-electron chi connectivity index (χ0n) is 15.7. The minimum Gasteiger partial charge on any atom is -0.352 e. The van der Waals surface area contributed by atoms with E-state index < -0.39 is 0 Å². The number of allylic oxidation sites excluding steroid dienone is 1. The molecule has 0 aliphatic carbocycles. The summed E-state index contributed by atoms with van der Waals surface area (Å²) in [6.45, 7) is 10.1. The smallest absolute Gasteiger partial charge is 0.246 e. The van der Waals surface area contributed by atoms with Crippen molar-refractivity contribution >= 4 is 11.8 Å². The molecule has 0 spiro atoms. The minimum absolute atomic E-state index is 0.000162. The van der Waals surface area contributed by atoms with Gasteiger partial charge in [-0.25, -0.2) is 0 Å². The second-order valence-corrected chi connectivity index (χ2v) is 7.76. The van der Waals surface area contributed by atoms with Gasteiger partial charge in [-0.15, -0.1) is 0 Å². The van der Waals surface area contributed by atoms with E-state index >= 15 is 0 Å². The van der Waals surface area contributed by atoms with E-state index in [4.69, 9.17) is 0 Å². The first-order valence-corrected chi connectivity index (χ1v) is 8.91. The normalized spacial score (nSPS) is 16.6. The quantitative estimate of drug-likeness (QED) is 0.855. The van der Waals surface area contributed by atoms with Gasteiger partial charge in [-0.2, -0.15) is 0 Å². The zero-order chi connectivity index (χ0) is 18.4. The predicted molar refractivity (Wildman–Crippen MR) is 98.6 cm³/mol. The first kappa shape index (κ1) is 19.2. The molecule has 0 saturated carbocycles. The molecule has 1 aromatic rings. The van der Waals surface area contributed by atoms with Crippen LogP contribution in [0.15, 0.2) is 36.2 Å². The number of hydrogen-bond acceptors (Lipinski definition) is 3. The Bertz CT molecular complexity index is 624. The van der Waals surface area contributed by atoms with Gasteiger partial charge in [0.1, 0.15) is 0 Å². The molecule has 1 aliphatic heterocycles. The van der Waals surface area contributed by atoms with Gasteiger partial charge in [-0.1, -0.05) is 32.4 Å².